The molecule has 30 heteroatoms. The Morgan fingerprint density at radius 1 is 1.07 bits per heavy atom. The number of benzene rings is 2. The predicted molar refractivity (Wildman–Crippen MR) is 225 cm³/mol. The Balaban J connectivity index is 1.45. The number of rotatable bonds is 15. The van der Waals surface area contributed by atoms with Crippen LogP contribution >= 0.6 is 19.4 Å². The van der Waals surface area contributed by atoms with Crippen LogP contribution in [0.15, 0.2) is 42.5 Å². The number of aromatic nitrogens is 5. The van der Waals surface area contributed by atoms with Crippen molar-refractivity contribution in [3.63, 3.8) is 0 Å². The van der Waals surface area contributed by atoms with E-state index in [0.717, 1.165) is 42.7 Å². The Hall–Kier alpha value is -4.98. The van der Waals surface area contributed by atoms with E-state index in [1.165, 1.54) is 13.8 Å². The predicted octanol–water partition coefficient (Wildman–Crippen LogP) is 6.95. The number of sulfone groups is 1. The number of carbonyl (C=O) groups is 1. The first kappa shape index (κ1) is 52.8. The fourth-order valence-corrected chi connectivity index (χ4v) is 9.14. The van der Waals surface area contributed by atoms with Crippen LogP contribution in [0.4, 0.5) is 43.9 Å². The molecule has 4 atom stereocenters. The highest BCUT2D eigenvalue weighted by atomic mass is 35.5. The van der Waals surface area contributed by atoms with E-state index in [2.05, 4.69) is 36.9 Å². The summed E-state index contributed by atoms with van der Waals surface area (Å²) in [5.41, 5.74) is -6.21. The first-order valence-electron chi connectivity index (χ1n) is 20.0. The average Bonchev–Trinajstić information content (AvgIpc) is 3.72. The van der Waals surface area contributed by atoms with E-state index in [1.807, 2.05) is 0 Å². The smallest absolute Gasteiger partial charge is 0.470 e. The maximum absolute atomic E-state index is 15.5. The summed E-state index contributed by atoms with van der Waals surface area (Å²) in [5, 5.41) is 8.97. The Kier molecular flexibility index (Phi) is 14.0. The van der Waals surface area contributed by atoms with Gasteiger partial charge in [-0.05, 0) is 74.4 Å². The second-order valence-corrected chi connectivity index (χ2v) is 21.9. The highest BCUT2D eigenvalue weighted by molar-refractivity contribution is 7.92. The molecule has 0 bridgehead atoms. The summed E-state index contributed by atoms with van der Waals surface area (Å²) in [4.78, 5) is 37.0. The largest absolute Gasteiger partial charge is 0.760 e. The molecule has 378 valence electrons. The van der Waals surface area contributed by atoms with Crippen LogP contribution in [0.3, 0.4) is 0 Å². The zero-order valence-corrected chi connectivity index (χ0v) is 39.2. The van der Waals surface area contributed by atoms with Gasteiger partial charge < -0.3 is 19.7 Å². The lowest BCUT2D eigenvalue weighted by atomic mass is 9.93. The number of pyridine rings is 1. The zero-order valence-electron chi connectivity index (χ0n) is 35.9. The molecule has 1 fully saturated rings. The van der Waals surface area contributed by atoms with E-state index in [4.69, 9.17) is 11.6 Å². The summed E-state index contributed by atoms with van der Waals surface area (Å²) >= 11 is 3.17. The highest BCUT2D eigenvalue weighted by Gasteiger charge is 2.68. The molecular weight excluding hydrogens is 1040 g/mol. The molecule has 7 rings (SSSR count). The molecule has 0 aliphatic heterocycles. The van der Waals surface area contributed by atoms with Crippen LogP contribution in [0, 0.1) is 29.4 Å². The van der Waals surface area contributed by atoms with Crippen LogP contribution in [0.25, 0.3) is 22.0 Å². The second kappa shape index (κ2) is 18.6. The molecular formula is C40H34ClF10N7O9PS2-. The number of amides is 1. The molecule has 1 saturated carbocycles. The number of hydrogen-bond donors (Lipinski definition) is 3. The van der Waals surface area contributed by atoms with Crippen LogP contribution in [0.1, 0.15) is 71.8 Å². The number of halogens is 11. The van der Waals surface area contributed by atoms with Crippen molar-refractivity contribution >= 4 is 57.3 Å². The lowest BCUT2D eigenvalue weighted by Crippen LogP contribution is -2.35. The van der Waals surface area contributed by atoms with E-state index in [9.17, 15) is 71.4 Å². The molecule has 0 radical (unpaired) electrons. The van der Waals surface area contributed by atoms with Gasteiger partial charge in [-0.25, -0.2) is 31.1 Å². The van der Waals surface area contributed by atoms with Crippen molar-refractivity contribution in [2.75, 3.05) is 13.0 Å². The minimum Gasteiger partial charge on any atom is -0.760 e. The Bertz CT molecular complexity index is 3170. The van der Waals surface area contributed by atoms with Gasteiger partial charge in [-0.15, -0.1) is 0 Å². The third-order valence-corrected chi connectivity index (χ3v) is 14.7. The molecule has 3 aromatic heterocycles. The number of phosphoric ester groups is 1. The van der Waals surface area contributed by atoms with Crippen LogP contribution in [-0.4, -0.2) is 85.6 Å². The van der Waals surface area contributed by atoms with E-state index < -0.39 is 154 Å². The third-order valence-electron chi connectivity index (χ3n) is 11.3. The van der Waals surface area contributed by atoms with E-state index >= 15 is 8.78 Å². The molecule has 1 amide bonds. The summed E-state index contributed by atoms with van der Waals surface area (Å²) in [5.74, 6) is -5.09. The number of nitrogens with one attached hydrogen (secondary N) is 1. The van der Waals surface area contributed by atoms with Crippen LogP contribution in [0.2, 0.25) is 5.02 Å². The first-order chi connectivity index (χ1) is 32.1. The number of nitrogens with zero attached hydrogens (tertiary/aromatic N) is 6. The molecule has 0 spiro atoms. The van der Waals surface area contributed by atoms with Gasteiger partial charge in [-0.1, -0.05) is 23.6 Å². The average molecular weight is 1080 g/mol. The van der Waals surface area contributed by atoms with Gasteiger partial charge in [-0.2, -0.15) is 45.3 Å². The maximum Gasteiger partial charge on any atom is 0.470 e. The lowest BCUT2D eigenvalue weighted by Gasteiger charge is -2.23. The standard InChI is InChI=1S/C40H35ClF10N7O9PS2/c1-37(2,70(3,65)66)9-8-22-4-5-23(24-6-7-27(41)32-29(54-58(34(24)32)17-38(44,45)46)15-56(69(63)64)18-67-68(60,61)62)33(52-22)28(12-19-10-20(42)13-21(43)11-19)53-30(59)16-57-36-31(35(55-57)40(49,50)51)25-14-26(25)39(36,47)48/h4-7,10-11,13,25-26,28H,12,14-18H2,1-3H3,(H,53,59)(H,63,64)(H2,60,61,62)/p-1/t25-,26+,28?/m0/s1. The lowest BCUT2D eigenvalue weighted by molar-refractivity contribution is -0.143. The fraction of sp³-hybridized carbons (Fsp3) is 0.400. The van der Waals surface area contributed by atoms with Crippen molar-refractivity contribution in [3.8, 4) is 23.0 Å². The van der Waals surface area contributed by atoms with Crippen molar-refractivity contribution in [2.45, 2.75) is 81.3 Å². The van der Waals surface area contributed by atoms with Crippen LogP contribution in [-0.2, 0) is 73.1 Å². The van der Waals surface area contributed by atoms with Crippen molar-refractivity contribution < 1.29 is 84.8 Å². The topological polar surface area (TPSA) is 222 Å². The monoisotopic (exact) mass is 1080 g/mol. The Labute approximate surface area is 396 Å². The number of hydrogen-bond acceptors (Lipinski definition) is 10. The van der Waals surface area contributed by atoms with Gasteiger partial charge >= 0.3 is 20.2 Å². The van der Waals surface area contributed by atoms with Crippen molar-refractivity contribution in [2.24, 2.45) is 5.92 Å². The van der Waals surface area contributed by atoms with Gasteiger partial charge in [0, 0.05) is 51.6 Å². The van der Waals surface area contributed by atoms with Gasteiger partial charge in [0.1, 0.15) is 47.6 Å². The van der Waals surface area contributed by atoms with E-state index in [1.54, 1.807) is 0 Å². The molecule has 0 saturated heterocycles. The third kappa shape index (κ3) is 11.2. The van der Waals surface area contributed by atoms with Gasteiger partial charge in [0.15, 0.2) is 15.5 Å². The molecule has 5 aromatic rings. The number of alkyl halides is 8. The summed E-state index contributed by atoms with van der Waals surface area (Å²) in [6.07, 6.45) is -10.4. The Morgan fingerprint density at radius 3 is 2.30 bits per heavy atom. The minimum atomic E-state index is -5.33. The van der Waals surface area contributed by atoms with E-state index in [-0.39, 0.29) is 48.2 Å². The SMILES string of the molecule is CC(C)(C#Cc1ccc(-c2ccc(Cl)c3c(CN(COP(=O)(O)O)S(=O)[O-])nn(CC(F)(F)F)c23)c(C(Cc2cc(F)cc(F)c2)NC(=O)Cn2nc(C(F)(F)F)c3c2C(F)(F)[C@@H]2C[C@H]32)n1)S(C)(=O)=O. The van der Waals surface area contributed by atoms with Crippen LogP contribution in [0.5, 0.6) is 0 Å². The van der Waals surface area contributed by atoms with Gasteiger partial charge in [0.2, 0.25) is 5.91 Å². The molecule has 2 aliphatic carbocycles. The first-order valence-corrected chi connectivity index (χ1v) is 24.8. The van der Waals surface area contributed by atoms with Gasteiger partial charge in [0.25, 0.3) is 5.92 Å². The van der Waals surface area contributed by atoms with Crippen LogP contribution < -0.4 is 5.32 Å². The second-order valence-electron chi connectivity index (χ2n) is 16.7. The van der Waals surface area contributed by atoms with Crippen molar-refractivity contribution in [1.82, 2.24) is 34.2 Å². The molecule has 16 nitrogen and oxygen atoms in total. The van der Waals surface area contributed by atoms with Crippen molar-refractivity contribution in [3.05, 3.63) is 98.7 Å². The Morgan fingerprint density at radius 2 is 1.71 bits per heavy atom. The molecule has 3 N–H and O–H groups in total. The molecule has 70 heavy (non-hydrogen) atoms. The number of carbonyl (C=O) groups excluding carboxylic acids is 1. The maximum atomic E-state index is 15.5. The molecule has 2 aromatic carbocycles. The van der Waals surface area contributed by atoms with Gasteiger partial charge in [-0.3, -0.25) is 22.9 Å². The minimum absolute atomic E-state index is 0.186. The molecule has 2 aliphatic rings. The summed E-state index contributed by atoms with van der Waals surface area (Å²) < 4.78 is 210. The van der Waals surface area contributed by atoms with Crippen molar-refractivity contribution in [1.29, 1.82) is 0 Å². The normalized spacial score (nSPS) is 17.8. The quantitative estimate of drug-likeness (QED) is 0.0319. The molecule has 2 unspecified atom stereocenters. The fourth-order valence-electron chi connectivity index (χ4n) is 7.91. The molecule has 3 heterocycles. The summed E-state index contributed by atoms with van der Waals surface area (Å²) in [6.45, 7) is -3.10. The summed E-state index contributed by atoms with van der Waals surface area (Å²) in [7, 11) is -9.23. The van der Waals surface area contributed by atoms with Gasteiger partial charge in [0.05, 0.1) is 34.5 Å². The number of fused-ring (bicyclic) bond motifs is 4. The van der Waals surface area contributed by atoms with E-state index in [0.29, 0.717) is 10.7 Å². The highest BCUT2D eigenvalue weighted by Crippen LogP contribution is 2.68. The zero-order chi connectivity index (χ0) is 51.8. The number of phosphoric acid groups is 1. The summed E-state index contributed by atoms with van der Waals surface area (Å²) in [6, 6.07) is 4.85.